The average molecular weight is 394 g/mol. The fourth-order valence-electron chi connectivity index (χ4n) is 3.55. The van der Waals surface area contributed by atoms with Gasteiger partial charge in [-0.05, 0) is 43.9 Å². The number of pyridine rings is 2. The number of aromatic nitrogens is 4. The molecular formula is C20H19FN6O2. The van der Waals surface area contributed by atoms with Gasteiger partial charge in [0.15, 0.2) is 5.65 Å². The number of imidazole rings is 1. The van der Waals surface area contributed by atoms with Gasteiger partial charge in [-0.2, -0.15) is 0 Å². The molecule has 1 fully saturated rings. The summed E-state index contributed by atoms with van der Waals surface area (Å²) < 4.78 is 14.0. The lowest BCUT2D eigenvalue weighted by molar-refractivity contribution is 0.193. The van der Waals surface area contributed by atoms with Crippen LogP contribution in [0, 0.1) is 17.7 Å². The summed E-state index contributed by atoms with van der Waals surface area (Å²) in [6.07, 6.45) is 3.30. The molecule has 3 aromatic rings. The first-order valence-electron chi connectivity index (χ1n) is 9.24. The highest BCUT2D eigenvalue weighted by Gasteiger charge is 2.30. The van der Waals surface area contributed by atoms with Crippen LogP contribution in [-0.2, 0) is 0 Å². The molecule has 3 N–H and O–H groups in total. The van der Waals surface area contributed by atoms with E-state index in [9.17, 15) is 9.18 Å². The van der Waals surface area contributed by atoms with E-state index in [1.54, 1.807) is 13.3 Å². The van der Waals surface area contributed by atoms with Crippen LogP contribution >= 0.6 is 0 Å². The van der Waals surface area contributed by atoms with Gasteiger partial charge in [0, 0.05) is 12.1 Å². The Morgan fingerprint density at radius 2 is 2.31 bits per heavy atom. The Balaban J connectivity index is 1.68. The Morgan fingerprint density at radius 1 is 1.45 bits per heavy atom. The van der Waals surface area contributed by atoms with Crippen LogP contribution in [0.3, 0.4) is 0 Å². The van der Waals surface area contributed by atoms with E-state index < -0.39 is 18.0 Å². The number of carbonyl (C=O) groups is 1. The number of hydrogen-bond acceptors (Lipinski definition) is 5. The van der Waals surface area contributed by atoms with E-state index in [1.165, 1.54) is 6.07 Å². The summed E-state index contributed by atoms with van der Waals surface area (Å²) in [5.74, 6) is 6.05. The number of fused-ring (bicyclic) bond motifs is 1. The normalized spacial score (nSPS) is 17.0. The van der Waals surface area contributed by atoms with Gasteiger partial charge in [-0.1, -0.05) is 5.92 Å². The van der Waals surface area contributed by atoms with Crippen molar-refractivity contribution in [3.05, 3.63) is 47.8 Å². The first-order valence-corrected chi connectivity index (χ1v) is 9.24. The molecule has 2 atom stereocenters. The molecule has 1 saturated heterocycles. The van der Waals surface area contributed by atoms with E-state index in [0.29, 0.717) is 16.9 Å². The molecule has 1 aliphatic rings. The largest absolute Gasteiger partial charge is 0.465 e. The molecule has 9 heteroatoms. The summed E-state index contributed by atoms with van der Waals surface area (Å²) in [6.45, 7) is 2.41. The van der Waals surface area contributed by atoms with Crippen LogP contribution in [0.5, 0.6) is 0 Å². The van der Waals surface area contributed by atoms with Gasteiger partial charge in [0.05, 0.1) is 24.6 Å². The molecule has 148 valence electrons. The first-order chi connectivity index (χ1) is 14.0. The zero-order chi connectivity index (χ0) is 20.4. The van der Waals surface area contributed by atoms with Crippen LogP contribution in [-0.4, -0.2) is 43.7 Å². The molecule has 29 heavy (non-hydrogen) atoms. The van der Waals surface area contributed by atoms with Crippen molar-refractivity contribution in [1.29, 1.82) is 0 Å². The molecule has 0 bridgehead atoms. The number of nitrogens with zero attached hydrogens (tertiary/aromatic N) is 4. The number of hydrogen-bond donors (Lipinski definition) is 3. The average Bonchev–Trinajstić information content (AvgIpc) is 3.35. The van der Waals surface area contributed by atoms with Gasteiger partial charge >= 0.3 is 6.09 Å². The molecule has 4 rings (SSSR count). The number of amides is 1. The number of rotatable bonds is 3. The molecule has 0 unspecified atom stereocenters. The van der Waals surface area contributed by atoms with Crippen LogP contribution < -0.4 is 10.2 Å². The van der Waals surface area contributed by atoms with E-state index in [0.717, 1.165) is 36.9 Å². The fraction of sp³-hybridized carbons (Fsp3) is 0.300. The Kier molecular flexibility index (Phi) is 4.99. The third-order valence-electron chi connectivity index (χ3n) is 4.80. The highest BCUT2D eigenvalue weighted by atomic mass is 19.1. The fourth-order valence-corrected chi connectivity index (χ4v) is 3.55. The summed E-state index contributed by atoms with van der Waals surface area (Å²) >= 11 is 0. The summed E-state index contributed by atoms with van der Waals surface area (Å²) in [5, 5.41) is 11.1. The van der Waals surface area contributed by atoms with Gasteiger partial charge in [-0.3, -0.25) is 0 Å². The molecular weight excluding hydrogens is 375 g/mol. The molecule has 3 aromatic heterocycles. The third kappa shape index (κ3) is 3.96. The van der Waals surface area contributed by atoms with Crippen molar-refractivity contribution in [3.8, 4) is 11.8 Å². The predicted molar refractivity (Wildman–Crippen MR) is 105 cm³/mol. The van der Waals surface area contributed by atoms with Crippen molar-refractivity contribution >= 4 is 23.1 Å². The Morgan fingerprint density at radius 3 is 3.14 bits per heavy atom. The number of carboxylic acid groups (broad SMARTS) is 1. The lowest BCUT2D eigenvalue weighted by atomic mass is 10.0. The topological polar surface area (TPSA) is 107 Å². The SMILES string of the molecule is C[C@H](C#Cc1ncc(F)cc1[C@H]1CCCN1c1ccc2nc[nH]c2n1)NC(=O)O. The van der Waals surface area contributed by atoms with Crippen LogP contribution in [0.2, 0.25) is 0 Å². The highest BCUT2D eigenvalue weighted by molar-refractivity contribution is 5.72. The lowest BCUT2D eigenvalue weighted by Crippen LogP contribution is -2.29. The van der Waals surface area contributed by atoms with Crippen molar-refractivity contribution < 1.29 is 14.3 Å². The second-order valence-corrected chi connectivity index (χ2v) is 6.82. The van der Waals surface area contributed by atoms with Crippen molar-refractivity contribution in [2.45, 2.75) is 31.8 Å². The number of aromatic amines is 1. The molecule has 8 nitrogen and oxygen atoms in total. The monoisotopic (exact) mass is 394 g/mol. The summed E-state index contributed by atoms with van der Waals surface area (Å²) in [7, 11) is 0. The van der Waals surface area contributed by atoms with Crippen LogP contribution in [0.15, 0.2) is 30.7 Å². The Hall–Kier alpha value is -3.67. The Labute approximate surface area is 166 Å². The van der Waals surface area contributed by atoms with Gasteiger partial charge in [-0.25, -0.2) is 24.1 Å². The van der Waals surface area contributed by atoms with Crippen molar-refractivity contribution in [2.24, 2.45) is 0 Å². The van der Waals surface area contributed by atoms with Crippen LogP contribution in [0.25, 0.3) is 11.2 Å². The summed E-state index contributed by atoms with van der Waals surface area (Å²) in [6, 6.07) is 4.55. The number of H-pyrrole nitrogens is 1. The minimum absolute atomic E-state index is 0.127. The standard InChI is InChI=1S/C20H19FN6O2/c1-12(25-20(28)29)4-5-15-14(9-13(21)10-22-15)17-3-2-8-27(17)18-7-6-16-19(26-18)24-11-23-16/h6-7,9-12,17,25H,2-3,8H2,1H3,(H,28,29)(H,23,24,26)/t12-,17-/m1/s1. The molecule has 1 aliphatic heterocycles. The zero-order valence-corrected chi connectivity index (χ0v) is 15.7. The third-order valence-corrected chi connectivity index (χ3v) is 4.80. The molecule has 0 saturated carbocycles. The van der Waals surface area contributed by atoms with Crippen molar-refractivity contribution in [3.63, 3.8) is 0 Å². The second kappa shape index (κ2) is 7.75. The van der Waals surface area contributed by atoms with Gasteiger partial charge in [0.1, 0.15) is 22.8 Å². The van der Waals surface area contributed by atoms with E-state index in [4.69, 9.17) is 5.11 Å². The van der Waals surface area contributed by atoms with E-state index in [2.05, 4.69) is 42.0 Å². The molecule has 0 radical (unpaired) electrons. The minimum atomic E-state index is -1.15. The minimum Gasteiger partial charge on any atom is -0.465 e. The van der Waals surface area contributed by atoms with E-state index in [1.807, 2.05) is 12.1 Å². The molecule has 1 amide bonds. The Bertz CT molecular complexity index is 1120. The van der Waals surface area contributed by atoms with Crippen LogP contribution in [0.4, 0.5) is 15.0 Å². The number of anilines is 1. The number of nitrogens with one attached hydrogen (secondary N) is 2. The van der Waals surface area contributed by atoms with Gasteiger partial charge in [0.2, 0.25) is 0 Å². The maximum Gasteiger partial charge on any atom is 0.405 e. The van der Waals surface area contributed by atoms with Gasteiger partial charge in [0.25, 0.3) is 0 Å². The zero-order valence-electron chi connectivity index (χ0n) is 15.7. The highest BCUT2D eigenvalue weighted by Crippen LogP contribution is 2.36. The molecule has 0 spiro atoms. The summed E-state index contributed by atoms with van der Waals surface area (Å²) in [5.41, 5.74) is 2.58. The lowest BCUT2D eigenvalue weighted by Gasteiger charge is -2.26. The smallest absolute Gasteiger partial charge is 0.405 e. The molecule has 4 heterocycles. The molecule has 0 aliphatic carbocycles. The maximum absolute atomic E-state index is 14.0. The van der Waals surface area contributed by atoms with Crippen molar-refractivity contribution in [1.82, 2.24) is 25.3 Å². The van der Waals surface area contributed by atoms with E-state index in [-0.39, 0.29) is 6.04 Å². The predicted octanol–water partition coefficient (Wildman–Crippen LogP) is 2.84. The van der Waals surface area contributed by atoms with E-state index >= 15 is 0 Å². The van der Waals surface area contributed by atoms with Crippen molar-refractivity contribution in [2.75, 3.05) is 11.4 Å². The quantitative estimate of drug-likeness (QED) is 0.590. The van der Waals surface area contributed by atoms with Gasteiger partial charge < -0.3 is 20.3 Å². The van der Waals surface area contributed by atoms with Gasteiger partial charge in [-0.15, -0.1) is 0 Å². The second-order valence-electron chi connectivity index (χ2n) is 6.82. The van der Waals surface area contributed by atoms with Crippen LogP contribution in [0.1, 0.15) is 37.1 Å². The summed E-state index contributed by atoms with van der Waals surface area (Å²) in [4.78, 5) is 28.9. The molecule has 0 aromatic carbocycles. The maximum atomic E-state index is 14.0. The number of halogens is 1. The first kappa shape index (κ1) is 18.7.